The van der Waals surface area contributed by atoms with Crippen LogP contribution in [0.1, 0.15) is 12.5 Å². The minimum atomic E-state index is -1.31. The van der Waals surface area contributed by atoms with E-state index in [-0.39, 0.29) is 12.5 Å². The molecular formula is C15H21NO6. The molecule has 4 N–H and O–H groups in total. The van der Waals surface area contributed by atoms with Crippen molar-refractivity contribution in [2.45, 2.75) is 44.2 Å². The van der Waals surface area contributed by atoms with Crippen molar-refractivity contribution in [1.29, 1.82) is 0 Å². The van der Waals surface area contributed by atoms with Gasteiger partial charge < -0.3 is 30.1 Å². The minimum absolute atomic E-state index is 0.211. The van der Waals surface area contributed by atoms with Crippen molar-refractivity contribution in [2.24, 2.45) is 0 Å². The molecule has 7 heteroatoms. The lowest BCUT2D eigenvalue weighted by molar-refractivity contribution is -0.273. The highest BCUT2D eigenvalue weighted by Crippen LogP contribution is 2.23. The van der Waals surface area contributed by atoms with Crippen molar-refractivity contribution < 1.29 is 29.6 Å². The summed E-state index contributed by atoms with van der Waals surface area (Å²) in [4.78, 5) is 11.3. The van der Waals surface area contributed by atoms with Gasteiger partial charge in [-0.25, -0.2) is 0 Å². The van der Waals surface area contributed by atoms with Crippen molar-refractivity contribution >= 4 is 5.91 Å². The Labute approximate surface area is 128 Å². The highest BCUT2D eigenvalue weighted by molar-refractivity contribution is 5.73. The molecule has 1 aliphatic rings. The summed E-state index contributed by atoms with van der Waals surface area (Å²) in [6.07, 6.45) is -4.55. The molecule has 1 aromatic carbocycles. The summed E-state index contributed by atoms with van der Waals surface area (Å²) in [7, 11) is 0. The van der Waals surface area contributed by atoms with E-state index in [1.165, 1.54) is 6.92 Å². The second-order valence-electron chi connectivity index (χ2n) is 5.23. The Bertz CT molecular complexity index is 482. The molecule has 5 atom stereocenters. The fourth-order valence-corrected chi connectivity index (χ4v) is 2.37. The molecule has 1 saturated heterocycles. The topological polar surface area (TPSA) is 108 Å². The van der Waals surface area contributed by atoms with Crippen LogP contribution >= 0.6 is 0 Å². The zero-order chi connectivity index (χ0) is 16.1. The SMILES string of the molecule is CC(=O)N[C@H]1[C@@H](OCc2ccccc2)O[C@@H](CO)[C@@H](O)[C@@H]1O. The van der Waals surface area contributed by atoms with E-state index in [2.05, 4.69) is 5.32 Å². The number of aliphatic hydroxyl groups is 3. The number of hydrogen-bond acceptors (Lipinski definition) is 6. The standard InChI is InChI=1S/C15H21NO6/c1-9(18)16-12-14(20)13(19)11(7-17)22-15(12)21-8-10-5-3-2-4-6-10/h2-6,11-15,17,19-20H,7-8H2,1H3,(H,16,18)/t11-,12+,13+,14+,15-/m0/s1. The number of carbonyl (C=O) groups excluding carboxylic acids is 1. The molecule has 0 aromatic heterocycles. The van der Waals surface area contributed by atoms with E-state index < -0.39 is 37.3 Å². The lowest BCUT2D eigenvalue weighted by atomic mass is 9.97. The zero-order valence-corrected chi connectivity index (χ0v) is 12.3. The first-order valence-electron chi connectivity index (χ1n) is 7.08. The third-order valence-corrected chi connectivity index (χ3v) is 3.51. The average molecular weight is 311 g/mol. The molecule has 1 fully saturated rings. The molecule has 22 heavy (non-hydrogen) atoms. The first-order valence-corrected chi connectivity index (χ1v) is 7.08. The van der Waals surface area contributed by atoms with Crippen molar-refractivity contribution in [2.75, 3.05) is 6.61 Å². The summed E-state index contributed by atoms with van der Waals surface area (Å²) < 4.78 is 11.1. The van der Waals surface area contributed by atoms with Crippen LogP contribution in [0.3, 0.4) is 0 Å². The first kappa shape index (κ1) is 16.9. The van der Waals surface area contributed by atoms with Gasteiger partial charge in [0.1, 0.15) is 24.4 Å². The van der Waals surface area contributed by atoms with E-state index in [4.69, 9.17) is 9.47 Å². The molecule has 1 aromatic rings. The summed E-state index contributed by atoms with van der Waals surface area (Å²) in [5, 5.41) is 31.7. The van der Waals surface area contributed by atoms with Crippen LogP contribution in [0.15, 0.2) is 30.3 Å². The van der Waals surface area contributed by atoms with Crippen LogP contribution in [0.2, 0.25) is 0 Å². The fraction of sp³-hybridized carbons (Fsp3) is 0.533. The maximum absolute atomic E-state index is 11.3. The molecule has 0 aliphatic carbocycles. The zero-order valence-electron chi connectivity index (χ0n) is 12.3. The predicted molar refractivity (Wildman–Crippen MR) is 76.6 cm³/mol. The summed E-state index contributed by atoms with van der Waals surface area (Å²) in [5.74, 6) is -0.379. The van der Waals surface area contributed by atoms with E-state index in [9.17, 15) is 20.1 Å². The second kappa shape index (κ2) is 7.66. The van der Waals surface area contributed by atoms with Crippen LogP contribution in [-0.4, -0.2) is 58.5 Å². The number of rotatable bonds is 5. The summed E-state index contributed by atoms with van der Waals surface area (Å²) in [6, 6.07) is 8.42. The fourth-order valence-electron chi connectivity index (χ4n) is 2.37. The molecule has 0 saturated carbocycles. The van der Waals surface area contributed by atoms with Gasteiger partial charge in [-0.3, -0.25) is 4.79 Å². The molecule has 122 valence electrons. The van der Waals surface area contributed by atoms with Crippen LogP contribution in [-0.2, 0) is 20.9 Å². The molecule has 7 nitrogen and oxygen atoms in total. The molecule has 1 heterocycles. The van der Waals surface area contributed by atoms with Crippen LogP contribution < -0.4 is 5.32 Å². The molecule has 1 aliphatic heterocycles. The Balaban J connectivity index is 2.07. The largest absolute Gasteiger partial charge is 0.394 e. The Morgan fingerprint density at radius 3 is 2.55 bits per heavy atom. The second-order valence-corrected chi connectivity index (χ2v) is 5.23. The van der Waals surface area contributed by atoms with Gasteiger partial charge in [0.25, 0.3) is 0 Å². The Morgan fingerprint density at radius 1 is 1.27 bits per heavy atom. The predicted octanol–water partition coefficient (Wildman–Crippen LogP) is -0.853. The molecule has 0 radical (unpaired) electrons. The van der Waals surface area contributed by atoms with Gasteiger partial charge in [0.15, 0.2) is 6.29 Å². The van der Waals surface area contributed by atoms with Gasteiger partial charge in [0, 0.05) is 6.92 Å². The van der Waals surface area contributed by atoms with Crippen LogP contribution in [0, 0.1) is 0 Å². The third-order valence-electron chi connectivity index (χ3n) is 3.51. The number of carbonyl (C=O) groups is 1. The van der Waals surface area contributed by atoms with Gasteiger partial charge >= 0.3 is 0 Å². The number of nitrogens with one attached hydrogen (secondary N) is 1. The monoisotopic (exact) mass is 311 g/mol. The van der Waals surface area contributed by atoms with Crippen LogP contribution in [0.4, 0.5) is 0 Å². The minimum Gasteiger partial charge on any atom is -0.394 e. The lowest BCUT2D eigenvalue weighted by Gasteiger charge is -2.42. The first-order chi connectivity index (χ1) is 10.5. The van der Waals surface area contributed by atoms with E-state index >= 15 is 0 Å². The molecule has 0 spiro atoms. The normalized spacial score (nSPS) is 31.7. The molecular weight excluding hydrogens is 290 g/mol. The quantitative estimate of drug-likeness (QED) is 0.564. The van der Waals surface area contributed by atoms with Crippen molar-refractivity contribution in [3.05, 3.63) is 35.9 Å². The van der Waals surface area contributed by atoms with Gasteiger partial charge in [0.2, 0.25) is 5.91 Å². The Morgan fingerprint density at radius 2 is 1.95 bits per heavy atom. The van der Waals surface area contributed by atoms with Crippen molar-refractivity contribution in [3.8, 4) is 0 Å². The highest BCUT2D eigenvalue weighted by Gasteiger charge is 2.45. The number of aliphatic hydroxyl groups excluding tert-OH is 3. The van der Waals surface area contributed by atoms with E-state index in [0.717, 1.165) is 5.56 Å². The molecule has 0 unspecified atom stereocenters. The Kier molecular flexibility index (Phi) is 5.87. The smallest absolute Gasteiger partial charge is 0.217 e. The maximum atomic E-state index is 11.3. The third kappa shape index (κ3) is 4.02. The number of amides is 1. The van der Waals surface area contributed by atoms with Crippen molar-refractivity contribution in [3.63, 3.8) is 0 Å². The summed E-state index contributed by atoms with van der Waals surface area (Å²) in [5.41, 5.74) is 0.897. The van der Waals surface area contributed by atoms with Gasteiger partial charge in [-0.15, -0.1) is 0 Å². The molecule has 1 amide bonds. The van der Waals surface area contributed by atoms with E-state index in [1.807, 2.05) is 30.3 Å². The van der Waals surface area contributed by atoms with Gasteiger partial charge in [-0.2, -0.15) is 0 Å². The number of hydrogen-bond donors (Lipinski definition) is 4. The van der Waals surface area contributed by atoms with E-state index in [1.54, 1.807) is 0 Å². The van der Waals surface area contributed by atoms with Gasteiger partial charge in [-0.05, 0) is 5.56 Å². The Hall–Kier alpha value is -1.51. The van der Waals surface area contributed by atoms with Crippen LogP contribution in [0.25, 0.3) is 0 Å². The molecule has 0 bridgehead atoms. The molecule has 2 rings (SSSR count). The van der Waals surface area contributed by atoms with Gasteiger partial charge in [0.05, 0.1) is 13.2 Å². The van der Waals surface area contributed by atoms with Crippen LogP contribution in [0.5, 0.6) is 0 Å². The summed E-state index contributed by atoms with van der Waals surface area (Å²) in [6.45, 7) is 1.05. The average Bonchev–Trinajstić information content (AvgIpc) is 2.52. The lowest BCUT2D eigenvalue weighted by Crippen LogP contribution is -2.64. The van der Waals surface area contributed by atoms with Gasteiger partial charge in [-0.1, -0.05) is 30.3 Å². The maximum Gasteiger partial charge on any atom is 0.217 e. The van der Waals surface area contributed by atoms with E-state index in [0.29, 0.717) is 0 Å². The summed E-state index contributed by atoms with van der Waals surface area (Å²) >= 11 is 0. The van der Waals surface area contributed by atoms with Crippen molar-refractivity contribution in [1.82, 2.24) is 5.32 Å². The number of ether oxygens (including phenoxy) is 2. The number of benzene rings is 1. The highest BCUT2D eigenvalue weighted by atomic mass is 16.7.